The van der Waals surface area contributed by atoms with E-state index in [0.717, 1.165) is 5.56 Å². The van der Waals surface area contributed by atoms with E-state index in [1.807, 2.05) is 24.3 Å². The van der Waals surface area contributed by atoms with Gasteiger partial charge in [-0.3, -0.25) is 9.59 Å². The van der Waals surface area contributed by atoms with Gasteiger partial charge in [-0.15, -0.1) is 0 Å². The molecule has 0 saturated carbocycles. The number of carbonyl (C=O) groups excluding carboxylic acids is 1. The summed E-state index contributed by atoms with van der Waals surface area (Å²) in [5, 5.41) is 3.09. The maximum absolute atomic E-state index is 13.7. The molecule has 1 heterocycles. The van der Waals surface area contributed by atoms with Crippen molar-refractivity contribution in [2.75, 3.05) is 20.2 Å². The third-order valence-corrected chi connectivity index (χ3v) is 4.99. The van der Waals surface area contributed by atoms with Crippen molar-refractivity contribution in [2.45, 2.75) is 19.8 Å². The number of halogens is 1. The number of hydrogen-bond donors (Lipinski definition) is 2. The molecule has 3 rings (SSSR count). The standard InChI is InChI=1S/C24H26FN2O4/c1-15(24(29)27-10-4-9-26)11-21-20(13-16-5-3-6-18(12-16)30-2)23(28)19-8-7-17(25)14-22(19)31-21/h3,5-8,11-12,14-15H,4,9-10,13,26H2,1-2H3,(H,27,29). The molecule has 31 heavy (non-hydrogen) atoms. The lowest BCUT2D eigenvalue weighted by Crippen LogP contribution is -2.31. The highest BCUT2D eigenvalue weighted by molar-refractivity contribution is 5.81. The number of fused-ring (bicyclic) bond motifs is 1. The molecule has 7 heteroatoms. The van der Waals surface area contributed by atoms with Crippen LogP contribution in [0.4, 0.5) is 4.39 Å². The summed E-state index contributed by atoms with van der Waals surface area (Å²) in [6.45, 7) is 2.66. The molecule has 3 N–H and O–H groups in total. The minimum Gasteiger partial charge on any atom is -0.497 e. The van der Waals surface area contributed by atoms with Crippen LogP contribution >= 0.6 is 0 Å². The number of benzene rings is 2. The van der Waals surface area contributed by atoms with Crippen LogP contribution < -0.4 is 21.2 Å². The molecule has 1 atom stereocenters. The van der Waals surface area contributed by atoms with Crippen LogP contribution in [0, 0.1) is 18.2 Å². The van der Waals surface area contributed by atoms with Gasteiger partial charge in [0.25, 0.3) is 0 Å². The van der Waals surface area contributed by atoms with Gasteiger partial charge in [0, 0.05) is 36.9 Å². The van der Waals surface area contributed by atoms with Gasteiger partial charge in [-0.1, -0.05) is 19.1 Å². The van der Waals surface area contributed by atoms with E-state index < -0.39 is 11.7 Å². The molecule has 0 fully saturated rings. The van der Waals surface area contributed by atoms with Gasteiger partial charge in [-0.2, -0.15) is 0 Å². The van der Waals surface area contributed by atoms with Crippen LogP contribution in [0.1, 0.15) is 30.2 Å². The zero-order chi connectivity index (χ0) is 22.4. The summed E-state index contributed by atoms with van der Waals surface area (Å²) in [7, 11) is 1.57. The van der Waals surface area contributed by atoms with Crippen molar-refractivity contribution in [3.05, 3.63) is 81.8 Å². The van der Waals surface area contributed by atoms with Gasteiger partial charge in [0.2, 0.25) is 5.91 Å². The first-order chi connectivity index (χ1) is 14.9. The highest BCUT2D eigenvalue weighted by Gasteiger charge is 2.21. The minimum atomic E-state index is -0.559. The fourth-order valence-electron chi connectivity index (χ4n) is 3.29. The second-order valence-corrected chi connectivity index (χ2v) is 7.33. The number of rotatable bonds is 9. The van der Waals surface area contributed by atoms with Crippen LogP contribution in [-0.2, 0) is 11.2 Å². The molecule has 1 amide bonds. The van der Waals surface area contributed by atoms with Gasteiger partial charge in [-0.25, -0.2) is 4.39 Å². The van der Waals surface area contributed by atoms with Crippen LogP contribution in [0.2, 0.25) is 0 Å². The van der Waals surface area contributed by atoms with E-state index in [1.54, 1.807) is 20.5 Å². The van der Waals surface area contributed by atoms with Crippen molar-refractivity contribution in [3.63, 3.8) is 0 Å². The summed E-state index contributed by atoms with van der Waals surface area (Å²) in [5.74, 6) is -0.344. The maximum atomic E-state index is 13.7. The Balaban J connectivity index is 1.99. The number of amides is 1. The topological polar surface area (TPSA) is 94.6 Å². The zero-order valence-corrected chi connectivity index (χ0v) is 17.6. The smallest absolute Gasteiger partial charge is 0.223 e. The Morgan fingerprint density at radius 2 is 2.10 bits per heavy atom. The molecular formula is C24H26FN2O4. The van der Waals surface area contributed by atoms with Crippen molar-refractivity contribution < 1.29 is 18.3 Å². The third kappa shape index (κ3) is 5.49. The number of methoxy groups -OCH3 is 1. The lowest BCUT2D eigenvalue weighted by atomic mass is 9.96. The van der Waals surface area contributed by atoms with Crippen LogP contribution in [0.25, 0.3) is 11.0 Å². The summed E-state index contributed by atoms with van der Waals surface area (Å²) in [6, 6.07) is 11.2. The van der Waals surface area contributed by atoms with Gasteiger partial charge in [0.05, 0.1) is 12.5 Å². The second-order valence-electron chi connectivity index (χ2n) is 7.33. The highest BCUT2D eigenvalue weighted by Crippen LogP contribution is 2.24. The molecule has 3 aromatic rings. The number of nitrogens with one attached hydrogen (secondary N) is 1. The fraction of sp³-hybridized carbons (Fsp3) is 0.292. The molecule has 163 valence electrons. The monoisotopic (exact) mass is 425 g/mol. The molecular weight excluding hydrogens is 399 g/mol. The fourth-order valence-corrected chi connectivity index (χ4v) is 3.29. The summed E-state index contributed by atoms with van der Waals surface area (Å²) in [4.78, 5) is 25.6. The Morgan fingerprint density at radius 3 is 2.84 bits per heavy atom. The number of hydrogen-bond acceptors (Lipinski definition) is 5. The molecule has 1 unspecified atom stereocenters. The van der Waals surface area contributed by atoms with E-state index in [1.165, 1.54) is 18.2 Å². The maximum Gasteiger partial charge on any atom is 0.223 e. The van der Waals surface area contributed by atoms with Crippen molar-refractivity contribution >= 4 is 16.9 Å². The van der Waals surface area contributed by atoms with Crippen molar-refractivity contribution in [1.82, 2.24) is 5.32 Å². The van der Waals surface area contributed by atoms with Crippen LogP contribution in [0.3, 0.4) is 0 Å². The Morgan fingerprint density at radius 1 is 1.29 bits per heavy atom. The molecule has 0 aliphatic rings. The van der Waals surface area contributed by atoms with E-state index in [-0.39, 0.29) is 34.5 Å². The SMILES string of the molecule is COc1cccc(Cc2c([CH]C(C)C(=O)NCCCN)oc3cc(F)ccc3c2=O)c1. The van der Waals surface area contributed by atoms with Crippen LogP contribution in [0.5, 0.6) is 5.75 Å². The number of nitrogens with two attached hydrogens (primary N) is 1. The van der Waals surface area contributed by atoms with Crippen LogP contribution in [-0.4, -0.2) is 26.1 Å². The summed E-state index contributed by atoms with van der Waals surface area (Å²) < 4.78 is 24.9. The van der Waals surface area contributed by atoms with Crippen molar-refractivity contribution in [3.8, 4) is 5.75 Å². The normalized spacial score (nSPS) is 12.0. The quantitative estimate of drug-likeness (QED) is 0.514. The second kappa shape index (κ2) is 10.2. The summed E-state index contributed by atoms with van der Waals surface area (Å²) >= 11 is 0. The van der Waals surface area contributed by atoms with Gasteiger partial charge in [0.15, 0.2) is 5.43 Å². The van der Waals surface area contributed by atoms with Crippen molar-refractivity contribution in [1.29, 1.82) is 0 Å². The van der Waals surface area contributed by atoms with E-state index in [2.05, 4.69) is 5.32 Å². The highest BCUT2D eigenvalue weighted by atomic mass is 19.1. The van der Waals surface area contributed by atoms with E-state index in [9.17, 15) is 14.0 Å². The third-order valence-electron chi connectivity index (χ3n) is 4.99. The number of ether oxygens (including phenoxy) is 1. The zero-order valence-electron chi connectivity index (χ0n) is 17.6. The Hall–Kier alpha value is -3.19. The lowest BCUT2D eigenvalue weighted by Gasteiger charge is -2.15. The molecule has 0 aliphatic carbocycles. The Labute approximate surface area is 180 Å². The first-order valence-electron chi connectivity index (χ1n) is 10.1. The van der Waals surface area contributed by atoms with E-state index >= 15 is 0 Å². The van der Waals surface area contributed by atoms with Gasteiger partial charge in [-0.05, 0) is 42.8 Å². The average molecular weight is 425 g/mol. The van der Waals surface area contributed by atoms with Gasteiger partial charge in [0.1, 0.15) is 22.9 Å². The predicted octanol–water partition coefficient (Wildman–Crippen LogP) is 3.18. The molecule has 1 radical (unpaired) electrons. The van der Waals surface area contributed by atoms with Crippen molar-refractivity contribution in [2.24, 2.45) is 11.7 Å². The molecule has 0 bridgehead atoms. The molecule has 0 aliphatic heterocycles. The van der Waals surface area contributed by atoms with Gasteiger partial charge >= 0.3 is 0 Å². The largest absolute Gasteiger partial charge is 0.497 e. The summed E-state index contributed by atoms with van der Waals surface area (Å²) in [6.07, 6.45) is 2.54. The molecule has 2 aromatic carbocycles. The average Bonchev–Trinajstić information content (AvgIpc) is 2.76. The summed E-state index contributed by atoms with van der Waals surface area (Å²) in [5.41, 5.74) is 6.59. The number of carbonyl (C=O) groups is 1. The minimum absolute atomic E-state index is 0.140. The molecule has 0 spiro atoms. The predicted molar refractivity (Wildman–Crippen MR) is 117 cm³/mol. The van der Waals surface area contributed by atoms with E-state index in [4.69, 9.17) is 14.9 Å². The molecule has 6 nitrogen and oxygen atoms in total. The Kier molecular flexibility index (Phi) is 7.41. The lowest BCUT2D eigenvalue weighted by molar-refractivity contribution is -0.123. The molecule has 0 saturated heterocycles. The first-order valence-corrected chi connectivity index (χ1v) is 10.1. The molecule has 1 aromatic heterocycles. The first kappa shape index (κ1) is 22.5. The van der Waals surface area contributed by atoms with E-state index in [0.29, 0.717) is 30.8 Å². The Bertz CT molecular complexity index is 1130. The van der Waals surface area contributed by atoms with Gasteiger partial charge < -0.3 is 20.2 Å². The van der Waals surface area contributed by atoms with Crippen LogP contribution in [0.15, 0.2) is 51.7 Å².